The first-order chi connectivity index (χ1) is 8.58. The number of nitrogens with zero attached hydrogens (tertiary/aromatic N) is 5. The summed E-state index contributed by atoms with van der Waals surface area (Å²) in [5.74, 6) is 1.19. The van der Waals surface area contributed by atoms with Crippen LogP contribution in [0.5, 0.6) is 0 Å². The summed E-state index contributed by atoms with van der Waals surface area (Å²) in [4.78, 5) is 19.6. The zero-order valence-corrected chi connectivity index (χ0v) is 11.0. The maximum Gasteiger partial charge on any atom is 0.288 e. The van der Waals surface area contributed by atoms with Gasteiger partial charge in [-0.3, -0.25) is 4.79 Å². The Kier molecular flexibility index (Phi) is 3.76. The van der Waals surface area contributed by atoms with E-state index in [1.54, 1.807) is 10.9 Å². The summed E-state index contributed by atoms with van der Waals surface area (Å²) in [5.41, 5.74) is -0.321. The van der Waals surface area contributed by atoms with Crippen LogP contribution in [0.15, 0.2) is 23.5 Å². The third-order valence-corrected chi connectivity index (χ3v) is 2.68. The monoisotopic (exact) mass is 267 g/mol. The number of aromatic nitrogens is 5. The minimum Gasteiger partial charge on any atom is -0.304 e. The summed E-state index contributed by atoms with van der Waals surface area (Å²) < 4.78 is 3.27. The van der Waals surface area contributed by atoms with Crippen LogP contribution in [-0.2, 0) is 13.1 Å². The molecule has 0 bridgehead atoms. The Morgan fingerprint density at radius 3 is 2.89 bits per heavy atom. The van der Waals surface area contributed by atoms with Gasteiger partial charge in [0, 0.05) is 18.9 Å². The molecule has 0 unspecified atom stereocenters. The molecule has 0 saturated heterocycles. The second-order valence-corrected chi connectivity index (χ2v) is 4.76. The molecule has 0 saturated carbocycles. The summed E-state index contributed by atoms with van der Waals surface area (Å²) in [6, 6.07) is 0. The van der Waals surface area contributed by atoms with Crippen LogP contribution in [0.3, 0.4) is 0 Å². The SMILES string of the molecule is CC(C)Cn1ncnc1Cn1ccnc(Cl)c1=O. The predicted octanol–water partition coefficient (Wildman–Crippen LogP) is 1.19. The zero-order chi connectivity index (χ0) is 13.1. The standard InChI is InChI=1S/C11H14ClN5O/c1-8(2)5-17-9(14-7-15-17)6-16-4-3-13-10(12)11(16)18/h3-4,7-8H,5-6H2,1-2H3. The summed E-state index contributed by atoms with van der Waals surface area (Å²) in [7, 11) is 0. The van der Waals surface area contributed by atoms with Crippen LogP contribution in [0.1, 0.15) is 19.7 Å². The van der Waals surface area contributed by atoms with Crippen molar-refractivity contribution in [2.75, 3.05) is 0 Å². The summed E-state index contributed by atoms with van der Waals surface area (Å²) in [6.07, 6.45) is 4.57. The topological polar surface area (TPSA) is 65.6 Å². The Morgan fingerprint density at radius 1 is 1.39 bits per heavy atom. The van der Waals surface area contributed by atoms with Gasteiger partial charge in [-0.25, -0.2) is 14.6 Å². The molecule has 0 aromatic carbocycles. The Balaban J connectivity index is 2.26. The molecule has 0 amide bonds. The molecular weight excluding hydrogens is 254 g/mol. The Morgan fingerprint density at radius 2 is 2.17 bits per heavy atom. The van der Waals surface area contributed by atoms with E-state index in [-0.39, 0.29) is 10.7 Å². The number of hydrogen-bond acceptors (Lipinski definition) is 4. The van der Waals surface area contributed by atoms with Crippen molar-refractivity contribution in [3.05, 3.63) is 40.1 Å². The third-order valence-electron chi connectivity index (χ3n) is 2.42. The zero-order valence-electron chi connectivity index (χ0n) is 10.2. The van der Waals surface area contributed by atoms with E-state index < -0.39 is 0 Å². The maximum atomic E-state index is 11.7. The van der Waals surface area contributed by atoms with Crippen molar-refractivity contribution in [3.63, 3.8) is 0 Å². The molecule has 6 nitrogen and oxygen atoms in total. The second-order valence-electron chi connectivity index (χ2n) is 4.40. The van der Waals surface area contributed by atoms with Crippen LogP contribution in [-0.4, -0.2) is 24.3 Å². The minimum absolute atomic E-state index is 0.0348. The average molecular weight is 268 g/mol. The predicted molar refractivity (Wildman–Crippen MR) is 67.5 cm³/mol. The molecule has 7 heteroatoms. The van der Waals surface area contributed by atoms with Crippen molar-refractivity contribution >= 4 is 11.6 Å². The van der Waals surface area contributed by atoms with E-state index in [4.69, 9.17) is 11.6 Å². The van der Waals surface area contributed by atoms with Crippen molar-refractivity contribution in [2.45, 2.75) is 26.9 Å². The van der Waals surface area contributed by atoms with Crippen molar-refractivity contribution in [2.24, 2.45) is 5.92 Å². The number of rotatable bonds is 4. The minimum atomic E-state index is -0.321. The van der Waals surface area contributed by atoms with E-state index in [2.05, 4.69) is 28.9 Å². The fourth-order valence-corrected chi connectivity index (χ4v) is 1.77. The van der Waals surface area contributed by atoms with Crippen LogP contribution >= 0.6 is 11.6 Å². The van der Waals surface area contributed by atoms with Crippen LogP contribution in [0, 0.1) is 5.92 Å². The molecule has 2 heterocycles. The van der Waals surface area contributed by atoms with Gasteiger partial charge >= 0.3 is 0 Å². The molecule has 2 aromatic rings. The van der Waals surface area contributed by atoms with E-state index in [1.165, 1.54) is 17.1 Å². The molecule has 18 heavy (non-hydrogen) atoms. The van der Waals surface area contributed by atoms with Gasteiger partial charge in [-0.15, -0.1) is 0 Å². The molecule has 0 aliphatic carbocycles. The highest BCUT2D eigenvalue weighted by atomic mass is 35.5. The normalized spacial score (nSPS) is 11.1. The van der Waals surface area contributed by atoms with Gasteiger partial charge < -0.3 is 4.57 Å². The van der Waals surface area contributed by atoms with E-state index in [9.17, 15) is 4.79 Å². The maximum absolute atomic E-state index is 11.7. The van der Waals surface area contributed by atoms with E-state index in [1.807, 2.05) is 0 Å². The van der Waals surface area contributed by atoms with Gasteiger partial charge in [0.25, 0.3) is 5.56 Å². The van der Waals surface area contributed by atoms with Gasteiger partial charge in [-0.2, -0.15) is 5.10 Å². The highest BCUT2D eigenvalue weighted by Gasteiger charge is 2.09. The molecule has 96 valence electrons. The average Bonchev–Trinajstić information content (AvgIpc) is 2.72. The highest BCUT2D eigenvalue weighted by Crippen LogP contribution is 2.03. The van der Waals surface area contributed by atoms with Gasteiger partial charge in [0.15, 0.2) is 5.15 Å². The van der Waals surface area contributed by atoms with Crippen molar-refractivity contribution in [1.82, 2.24) is 24.3 Å². The second kappa shape index (κ2) is 5.30. The van der Waals surface area contributed by atoms with Gasteiger partial charge in [0.2, 0.25) is 0 Å². The summed E-state index contributed by atoms with van der Waals surface area (Å²) in [5, 5.41) is 4.11. The Hall–Kier alpha value is -1.69. The highest BCUT2D eigenvalue weighted by molar-refractivity contribution is 6.29. The lowest BCUT2D eigenvalue weighted by molar-refractivity contribution is 0.459. The van der Waals surface area contributed by atoms with Crippen LogP contribution in [0.2, 0.25) is 5.15 Å². The van der Waals surface area contributed by atoms with Gasteiger partial charge in [-0.05, 0) is 5.92 Å². The third kappa shape index (κ3) is 2.76. The molecule has 0 N–H and O–H groups in total. The Bertz CT molecular complexity index is 589. The molecule has 2 rings (SSSR count). The molecule has 2 aromatic heterocycles. The molecule has 0 atom stereocenters. The molecular formula is C11H14ClN5O. The van der Waals surface area contributed by atoms with Gasteiger partial charge in [-0.1, -0.05) is 25.4 Å². The summed E-state index contributed by atoms with van der Waals surface area (Å²) >= 11 is 5.69. The lowest BCUT2D eigenvalue weighted by atomic mass is 10.2. The van der Waals surface area contributed by atoms with Gasteiger partial charge in [0.05, 0.1) is 6.54 Å². The molecule has 0 aliphatic rings. The van der Waals surface area contributed by atoms with E-state index in [0.717, 1.165) is 12.4 Å². The molecule has 0 aliphatic heterocycles. The van der Waals surface area contributed by atoms with Crippen molar-refractivity contribution in [1.29, 1.82) is 0 Å². The smallest absolute Gasteiger partial charge is 0.288 e. The van der Waals surface area contributed by atoms with Crippen molar-refractivity contribution in [3.8, 4) is 0 Å². The van der Waals surface area contributed by atoms with E-state index >= 15 is 0 Å². The van der Waals surface area contributed by atoms with Gasteiger partial charge in [0.1, 0.15) is 12.2 Å². The van der Waals surface area contributed by atoms with Crippen LogP contribution in [0.25, 0.3) is 0 Å². The fraction of sp³-hybridized carbons (Fsp3) is 0.455. The number of halogens is 1. The molecule has 0 spiro atoms. The fourth-order valence-electron chi connectivity index (χ4n) is 1.61. The largest absolute Gasteiger partial charge is 0.304 e. The van der Waals surface area contributed by atoms with E-state index in [0.29, 0.717) is 12.5 Å². The quantitative estimate of drug-likeness (QED) is 0.835. The lowest BCUT2D eigenvalue weighted by Crippen LogP contribution is -2.23. The first-order valence-corrected chi connectivity index (χ1v) is 6.03. The van der Waals surface area contributed by atoms with Crippen LogP contribution < -0.4 is 5.56 Å². The Labute approximate surface area is 109 Å². The number of hydrogen-bond donors (Lipinski definition) is 0. The lowest BCUT2D eigenvalue weighted by Gasteiger charge is -2.09. The van der Waals surface area contributed by atoms with Crippen molar-refractivity contribution < 1.29 is 0 Å². The van der Waals surface area contributed by atoms with Crippen LogP contribution in [0.4, 0.5) is 0 Å². The first kappa shape index (κ1) is 12.8. The molecule has 0 fully saturated rings. The summed E-state index contributed by atoms with van der Waals surface area (Å²) in [6.45, 7) is 5.30. The molecule has 0 radical (unpaired) electrons. The first-order valence-electron chi connectivity index (χ1n) is 5.65.